The molecule has 0 bridgehead atoms. The Balaban J connectivity index is 1.61. The number of benzene rings is 3. The SMILES string of the molecule is CCC(Oc1cccc(C)c1)C(=O)Nc1ccc(S(=O)(=O)NCc2ccccc2)cc1. The standard InChI is InChI=1S/C24H26N2O4S/c1-3-23(30-21-11-7-8-18(2)16-21)24(27)26-20-12-14-22(15-13-20)31(28,29)25-17-19-9-5-4-6-10-19/h4-16,23,25H,3,17H2,1-2H3,(H,26,27). The third-order valence-electron chi connectivity index (χ3n) is 4.67. The molecule has 0 radical (unpaired) electrons. The van der Waals surface area contributed by atoms with E-state index < -0.39 is 16.1 Å². The average Bonchev–Trinajstić information content (AvgIpc) is 2.77. The van der Waals surface area contributed by atoms with Gasteiger partial charge in [0, 0.05) is 12.2 Å². The summed E-state index contributed by atoms with van der Waals surface area (Å²) < 4.78 is 33.4. The van der Waals surface area contributed by atoms with Gasteiger partial charge in [-0.3, -0.25) is 4.79 Å². The minimum atomic E-state index is -3.66. The second-order valence-electron chi connectivity index (χ2n) is 7.16. The van der Waals surface area contributed by atoms with Crippen LogP contribution in [0, 0.1) is 6.92 Å². The van der Waals surface area contributed by atoms with Crippen LogP contribution in [-0.2, 0) is 21.4 Å². The van der Waals surface area contributed by atoms with Crippen LogP contribution in [0.2, 0.25) is 0 Å². The number of carbonyl (C=O) groups is 1. The van der Waals surface area contributed by atoms with E-state index in [0.29, 0.717) is 17.9 Å². The van der Waals surface area contributed by atoms with Gasteiger partial charge in [0.25, 0.3) is 5.91 Å². The number of hydrogen-bond acceptors (Lipinski definition) is 4. The molecule has 0 spiro atoms. The summed E-state index contributed by atoms with van der Waals surface area (Å²) in [4.78, 5) is 12.7. The van der Waals surface area contributed by atoms with Crippen molar-refractivity contribution in [3.63, 3.8) is 0 Å². The van der Waals surface area contributed by atoms with Crippen molar-refractivity contribution in [3.05, 3.63) is 90.0 Å². The van der Waals surface area contributed by atoms with Crippen LogP contribution in [0.1, 0.15) is 24.5 Å². The van der Waals surface area contributed by atoms with E-state index in [1.807, 2.05) is 68.4 Å². The van der Waals surface area contributed by atoms with Crippen LogP contribution in [0.5, 0.6) is 5.75 Å². The van der Waals surface area contributed by atoms with Crippen molar-refractivity contribution in [2.45, 2.75) is 37.8 Å². The fourth-order valence-corrected chi connectivity index (χ4v) is 3.99. The summed E-state index contributed by atoms with van der Waals surface area (Å²) in [5.74, 6) is 0.342. The molecule has 1 unspecified atom stereocenters. The lowest BCUT2D eigenvalue weighted by molar-refractivity contribution is -0.122. The van der Waals surface area contributed by atoms with Crippen molar-refractivity contribution in [1.82, 2.24) is 4.72 Å². The van der Waals surface area contributed by atoms with Crippen LogP contribution < -0.4 is 14.8 Å². The average molecular weight is 439 g/mol. The highest BCUT2D eigenvalue weighted by molar-refractivity contribution is 7.89. The van der Waals surface area contributed by atoms with E-state index in [4.69, 9.17) is 4.74 Å². The minimum absolute atomic E-state index is 0.129. The summed E-state index contributed by atoms with van der Waals surface area (Å²) >= 11 is 0. The molecule has 162 valence electrons. The fourth-order valence-electron chi connectivity index (χ4n) is 2.97. The smallest absolute Gasteiger partial charge is 0.265 e. The molecule has 31 heavy (non-hydrogen) atoms. The van der Waals surface area contributed by atoms with Gasteiger partial charge in [-0.15, -0.1) is 0 Å². The normalized spacial score (nSPS) is 12.2. The lowest BCUT2D eigenvalue weighted by Crippen LogP contribution is -2.32. The number of rotatable bonds is 9. The molecule has 7 heteroatoms. The van der Waals surface area contributed by atoms with Gasteiger partial charge in [-0.05, 0) is 60.9 Å². The Bertz CT molecular complexity index is 1110. The third kappa shape index (κ3) is 6.41. The van der Waals surface area contributed by atoms with Crippen LogP contribution in [0.3, 0.4) is 0 Å². The zero-order chi connectivity index (χ0) is 22.3. The maximum atomic E-state index is 12.6. The summed E-state index contributed by atoms with van der Waals surface area (Å²) in [5, 5.41) is 2.79. The van der Waals surface area contributed by atoms with Gasteiger partial charge in [0.2, 0.25) is 10.0 Å². The number of anilines is 1. The Morgan fingerprint density at radius 2 is 1.68 bits per heavy atom. The molecule has 1 atom stereocenters. The molecule has 1 amide bonds. The van der Waals surface area contributed by atoms with Gasteiger partial charge in [-0.2, -0.15) is 0 Å². The van der Waals surface area contributed by atoms with E-state index in [0.717, 1.165) is 11.1 Å². The second-order valence-corrected chi connectivity index (χ2v) is 8.92. The van der Waals surface area contributed by atoms with Crippen molar-refractivity contribution in [2.24, 2.45) is 0 Å². The number of nitrogens with one attached hydrogen (secondary N) is 2. The summed E-state index contributed by atoms with van der Waals surface area (Å²) in [7, 11) is -3.66. The van der Waals surface area contributed by atoms with E-state index in [-0.39, 0.29) is 17.3 Å². The van der Waals surface area contributed by atoms with Gasteiger partial charge < -0.3 is 10.1 Å². The molecule has 0 heterocycles. The van der Waals surface area contributed by atoms with E-state index in [1.54, 1.807) is 12.1 Å². The maximum absolute atomic E-state index is 12.6. The molecule has 0 aliphatic heterocycles. The first kappa shape index (κ1) is 22.5. The molecule has 0 saturated carbocycles. The number of sulfonamides is 1. The number of hydrogen-bond donors (Lipinski definition) is 2. The Morgan fingerprint density at radius 3 is 2.32 bits per heavy atom. The molecule has 3 aromatic rings. The van der Waals surface area contributed by atoms with Crippen molar-refractivity contribution in [2.75, 3.05) is 5.32 Å². The van der Waals surface area contributed by atoms with Crippen molar-refractivity contribution >= 4 is 21.6 Å². The van der Waals surface area contributed by atoms with Crippen LogP contribution in [0.25, 0.3) is 0 Å². The predicted molar refractivity (Wildman–Crippen MR) is 121 cm³/mol. The van der Waals surface area contributed by atoms with Gasteiger partial charge in [-0.25, -0.2) is 13.1 Å². The zero-order valence-corrected chi connectivity index (χ0v) is 18.4. The number of aryl methyl sites for hydroxylation is 1. The fraction of sp³-hybridized carbons (Fsp3) is 0.208. The molecular weight excluding hydrogens is 412 g/mol. The number of carbonyl (C=O) groups excluding carboxylic acids is 1. The number of amides is 1. The lowest BCUT2D eigenvalue weighted by Gasteiger charge is -2.17. The Morgan fingerprint density at radius 1 is 0.968 bits per heavy atom. The van der Waals surface area contributed by atoms with Crippen molar-refractivity contribution < 1.29 is 17.9 Å². The van der Waals surface area contributed by atoms with Gasteiger partial charge in [0.05, 0.1) is 4.90 Å². The predicted octanol–water partition coefficient (Wildman–Crippen LogP) is 4.27. The highest BCUT2D eigenvalue weighted by Crippen LogP contribution is 2.18. The molecular formula is C24H26N2O4S. The van der Waals surface area contributed by atoms with Gasteiger partial charge in [0.1, 0.15) is 5.75 Å². The van der Waals surface area contributed by atoms with E-state index in [9.17, 15) is 13.2 Å². The third-order valence-corrected chi connectivity index (χ3v) is 6.09. The van der Waals surface area contributed by atoms with Crippen molar-refractivity contribution in [3.8, 4) is 5.75 Å². The molecule has 6 nitrogen and oxygen atoms in total. The quantitative estimate of drug-likeness (QED) is 0.523. The number of ether oxygens (including phenoxy) is 1. The molecule has 2 N–H and O–H groups in total. The Kier molecular flexibility index (Phi) is 7.44. The maximum Gasteiger partial charge on any atom is 0.265 e. The topological polar surface area (TPSA) is 84.5 Å². The minimum Gasteiger partial charge on any atom is -0.481 e. The van der Waals surface area contributed by atoms with E-state index in [2.05, 4.69) is 10.0 Å². The van der Waals surface area contributed by atoms with E-state index in [1.165, 1.54) is 12.1 Å². The van der Waals surface area contributed by atoms with Crippen LogP contribution in [0.15, 0.2) is 83.8 Å². The van der Waals surface area contributed by atoms with Crippen LogP contribution in [0.4, 0.5) is 5.69 Å². The first-order valence-corrected chi connectivity index (χ1v) is 11.5. The largest absolute Gasteiger partial charge is 0.481 e. The van der Waals surface area contributed by atoms with Gasteiger partial charge in [0.15, 0.2) is 6.10 Å². The van der Waals surface area contributed by atoms with Gasteiger partial charge >= 0.3 is 0 Å². The molecule has 0 aromatic heterocycles. The first-order chi connectivity index (χ1) is 14.9. The zero-order valence-electron chi connectivity index (χ0n) is 17.5. The molecule has 0 aliphatic carbocycles. The monoisotopic (exact) mass is 438 g/mol. The van der Waals surface area contributed by atoms with E-state index >= 15 is 0 Å². The summed E-state index contributed by atoms with van der Waals surface area (Å²) in [6.07, 6.45) is -0.159. The molecule has 3 aromatic carbocycles. The molecule has 0 aliphatic rings. The van der Waals surface area contributed by atoms with Crippen molar-refractivity contribution in [1.29, 1.82) is 0 Å². The van der Waals surface area contributed by atoms with Crippen LogP contribution >= 0.6 is 0 Å². The summed E-state index contributed by atoms with van der Waals surface area (Å²) in [6, 6.07) is 22.9. The highest BCUT2D eigenvalue weighted by Gasteiger charge is 2.19. The van der Waals surface area contributed by atoms with Crippen LogP contribution in [-0.4, -0.2) is 20.4 Å². The first-order valence-electron chi connectivity index (χ1n) is 10.1. The second kappa shape index (κ2) is 10.2. The Labute approximate surface area is 183 Å². The molecule has 0 fully saturated rings. The summed E-state index contributed by atoms with van der Waals surface area (Å²) in [5.41, 5.74) is 2.41. The highest BCUT2D eigenvalue weighted by atomic mass is 32.2. The molecule has 0 saturated heterocycles. The Hall–Kier alpha value is -3.16. The van der Waals surface area contributed by atoms with Gasteiger partial charge in [-0.1, -0.05) is 49.4 Å². The molecule has 3 rings (SSSR count). The lowest BCUT2D eigenvalue weighted by atomic mass is 10.2. The summed E-state index contributed by atoms with van der Waals surface area (Å²) in [6.45, 7) is 4.03.